The largest absolute Gasteiger partial charge is 0.507 e. The van der Waals surface area contributed by atoms with Gasteiger partial charge in [0.15, 0.2) is 0 Å². The third-order valence-electron chi connectivity index (χ3n) is 2.74. The van der Waals surface area contributed by atoms with Gasteiger partial charge in [0.1, 0.15) is 17.3 Å². The number of benzene rings is 2. The molecule has 1 amide bonds. The van der Waals surface area contributed by atoms with Crippen molar-refractivity contribution in [1.29, 1.82) is 0 Å². The van der Waals surface area contributed by atoms with Gasteiger partial charge in [0, 0.05) is 22.8 Å². The van der Waals surface area contributed by atoms with Crippen LogP contribution in [0.1, 0.15) is 10.4 Å². The predicted octanol–water partition coefficient (Wildman–Crippen LogP) is 2.31. The Morgan fingerprint density at radius 1 is 1.21 bits per heavy atom. The number of primary amides is 1. The van der Waals surface area contributed by atoms with Crippen molar-refractivity contribution in [2.24, 2.45) is 5.73 Å². The van der Waals surface area contributed by atoms with E-state index in [0.717, 1.165) is 0 Å². The fourth-order valence-electron chi connectivity index (χ4n) is 1.80. The molecule has 2 rings (SSSR count). The number of rotatable bonds is 3. The van der Waals surface area contributed by atoms with Gasteiger partial charge in [-0.3, -0.25) is 4.79 Å². The lowest BCUT2D eigenvalue weighted by atomic mass is 10.0. The number of halogens is 1. The van der Waals surface area contributed by atoms with Crippen LogP contribution in [0.15, 0.2) is 36.4 Å². The average molecular weight is 261 g/mol. The third kappa shape index (κ3) is 2.49. The van der Waals surface area contributed by atoms with Crippen LogP contribution in [0.25, 0.3) is 11.1 Å². The molecule has 2 aromatic rings. The van der Waals surface area contributed by atoms with Gasteiger partial charge in [0.2, 0.25) is 5.91 Å². The highest BCUT2D eigenvalue weighted by Gasteiger charge is 2.12. The van der Waals surface area contributed by atoms with Gasteiger partial charge in [-0.05, 0) is 30.3 Å². The maximum atomic E-state index is 13.1. The van der Waals surface area contributed by atoms with Crippen LogP contribution in [0.5, 0.6) is 11.5 Å². The molecular weight excluding hydrogens is 249 g/mol. The van der Waals surface area contributed by atoms with Crippen molar-refractivity contribution in [2.75, 3.05) is 7.11 Å². The Bertz CT molecular complexity index is 641. The SMILES string of the molecule is COc1cc(F)ccc1-c1ccc(C(N)=O)cc1O. The van der Waals surface area contributed by atoms with E-state index < -0.39 is 11.7 Å². The number of ether oxygens (including phenoxy) is 1. The second-order valence-electron chi connectivity index (χ2n) is 3.94. The Balaban J connectivity index is 2.56. The van der Waals surface area contributed by atoms with Gasteiger partial charge in [-0.1, -0.05) is 0 Å². The lowest BCUT2D eigenvalue weighted by Crippen LogP contribution is -2.10. The highest BCUT2D eigenvalue weighted by molar-refractivity contribution is 5.94. The van der Waals surface area contributed by atoms with E-state index in [9.17, 15) is 14.3 Å². The molecule has 0 heterocycles. The van der Waals surface area contributed by atoms with Gasteiger partial charge < -0.3 is 15.6 Å². The Hall–Kier alpha value is -2.56. The quantitative estimate of drug-likeness (QED) is 0.890. The Labute approximate surface area is 109 Å². The van der Waals surface area contributed by atoms with Crippen LogP contribution in [0.4, 0.5) is 4.39 Å². The van der Waals surface area contributed by atoms with Gasteiger partial charge >= 0.3 is 0 Å². The number of carbonyl (C=O) groups is 1. The number of hydrogen-bond acceptors (Lipinski definition) is 3. The summed E-state index contributed by atoms with van der Waals surface area (Å²) in [5, 5.41) is 9.93. The normalized spacial score (nSPS) is 10.2. The molecule has 0 unspecified atom stereocenters. The molecule has 4 nitrogen and oxygen atoms in total. The van der Waals surface area contributed by atoms with Crippen LogP contribution in [-0.2, 0) is 0 Å². The highest BCUT2D eigenvalue weighted by atomic mass is 19.1. The van der Waals surface area contributed by atoms with E-state index in [0.29, 0.717) is 16.9 Å². The fourth-order valence-corrected chi connectivity index (χ4v) is 1.80. The summed E-state index contributed by atoms with van der Waals surface area (Å²) in [6.45, 7) is 0. The number of amides is 1. The molecule has 0 aliphatic heterocycles. The van der Waals surface area contributed by atoms with Crippen LogP contribution in [0, 0.1) is 5.82 Å². The number of methoxy groups -OCH3 is 1. The van der Waals surface area contributed by atoms with Gasteiger partial charge in [0.05, 0.1) is 7.11 Å². The van der Waals surface area contributed by atoms with Gasteiger partial charge in [-0.25, -0.2) is 4.39 Å². The van der Waals surface area contributed by atoms with Crippen LogP contribution in [0.2, 0.25) is 0 Å². The first-order chi connectivity index (χ1) is 9.02. The van der Waals surface area contributed by atoms with Crippen molar-refractivity contribution in [3.63, 3.8) is 0 Å². The van der Waals surface area contributed by atoms with E-state index in [1.807, 2.05) is 0 Å². The third-order valence-corrected chi connectivity index (χ3v) is 2.74. The summed E-state index contributed by atoms with van der Waals surface area (Å²) >= 11 is 0. The van der Waals surface area contributed by atoms with Crippen molar-refractivity contribution >= 4 is 5.91 Å². The highest BCUT2D eigenvalue weighted by Crippen LogP contribution is 2.36. The summed E-state index contributed by atoms with van der Waals surface area (Å²) in [5.41, 5.74) is 6.28. The number of nitrogens with two attached hydrogens (primary N) is 1. The molecule has 3 N–H and O–H groups in total. The van der Waals surface area contributed by atoms with Gasteiger partial charge in [-0.15, -0.1) is 0 Å². The maximum Gasteiger partial charge on any atom is 0.248 e. The monoisotopic (exact) mass is 261 g/mol. The van der Waals surface area contributed by atoms with Gasteiger partial charge in [-0.2, -0.15) is 0 Å². The first kappa shape index (κ1) is 12.9. The predicted molar refractivity (Wildman–Crippen MR) is 68.6 cm³/mol. The first-order valence-corrected chi connectivity index (χ1v) is 5.49. The second kappa shape index (κ2) is 4.97. The van der Waals surface area contributed by atoms with E-state index in [1.54, 1.807) is 0 Å². The van der Waals surface area contributed by atoms with E-state index in [4.69, 9.17) is 10.5 Å². The van der Waals surface area contributed by atoms with Crippen molar-refractivity contribution in [3.8, 4) is 22.6 Å². The zero-order valence-electron chi connectivity index (χ0n) is 10.2. The number of hydrogen-bond donors (Lipinski definition) is 2. The molecule has 0 spiro atoms. The molecule has 0 atom stereocenters. The van der Waals surface area contributed by atoms with E-state index >= 15 is 0 Å². The minimum absolute atomic E-state index is 0.124. The lowest BCUT2D eigenvalue weighted by molar-refractivity contribution is 0.1000. The minimum atomic E-state index is -0.632. The number of phenolic OH excluding ortho intramolecular Hbond substituents is 1. The summed E-state index contributed by atoms with van der Waals surface area (Å²) in [6.07, 6.45) is 0. The zero-order chi connectivity index (χ0) is 14.0. The minimum Gasteiger partial charge on any atom is -0.507 e. The Morgan fingerprint density at radius 3 is 2.47 bits per heavy atom. The maximum absolute atomic E-state index is 13.1. The molecule has 0 aliphatic rings. The van der Waals surface area contributed by atoms with Crippen molar-refractivity contribution in [3.05, 3.63) is 47.8 Å². The number of phenols is 1. The molecule has 0 radical (unpaired) electrons. The summed E-state index contributed by atoms with van der Waals surface area (Å²) in [5.74, 6) is -0.898. The lowest BCUT2D eigenvalue weighted by Gasteiger charge is -2.11. The number of aromatic hydroxyl groups is 1. The molecule has 0 saturated carbocycles. The first-order valence-electron chi connectivity index (χ1n) is 5.49. The molecule has 5 heteroatoms. The molecule has 0 aliphatic carbocycles. The zero-order valence-corrected chi connectivity index (χ0v) is 10.2. The standard InChI is InChI=1S/C14H12FNO3/c1-19-13-7-9(15)3-5-11(13)10-4-2-8(14(16)18)6-12(10)17/h2-7,17H,1H3,(H2,16,18). The summed E-state index contributed by atoms with van der Waals surface area (Å²) < 4.78 is 18.2. The van der Waals surface area contributed by atoms with E-state index in [1.165, 1.54) is 43.5 Å². The Morgan fingerprint density at radius 2 is 1.89 bits per heavy atom. The van der Waals surface area contributed by atoms with Crippen LogP contribution < -0.4 is 10.5 Å². The molecule has 0 aromatic heterocycles. The molecule has 2 aromatic carbocycles. The smallest absolute Gasteiger partial charge is 0.248 e. The topological polar surface area (TPSA) is 72.5 Å². The molecule has 98 valence electrons. The number of carbonyl (C=O) groups excluding carboxylic acids is 1. The molecule has 19 heavy (non-hydrogen) atoms. The Kier molecular flexibility index (Phi) is 3.37. The fraction of sp³-hybridized carbons (Fsp3) is 0.0714. The van der Waals surface area contributed by atoms with Crippen LogP contribution >= 0.6 is 0 Å². The average Bonchev–Trinajstić information content (AvgIpc) is 2.38. The molecule has 0 fully saturated rings. The summed E-state index contributed by atoms with van der Waals surface area (Å²) in [4.78, 5) is 11.0. The van der Waals surface area contributed by atoms with E-state index in [-0.39, 0.29) is 11.3 Å². The van der Waals surface area contributed by atoms with E-state index in [2.05, 4.69) is 0 Å². The van der Waals surface area contributed by atoms with Gasteiger partial charge in [0.25, 0.3) is 0 Å². The summed E-state index contributed by atoms with van der Waals surface area (Å²) in [6, 6.07) is 8.26. The van der Waals surface area contributed by atoms with Crippen molar-refractivity contribution in [1.82, 2.24) is 0 Å². The van der Waals surface area contributed by atoms with Crippen LogP contribution in [0.3, 0.4) is 0 Å². The van der Waals surface area contributed by atoms with Crippen molar-refractivity contribution < 1.29 is 19.0 Å². The second-order valence-corrected chi connectivity index (χ2v) is 3.94. The summed E-state index contributed by atoms with van der Waals surface area (Å²) in [7, 11) is 1.41. The van der Waals surface area contributed by atoms with Crippen molar-refractivity contribution in [2.45, 2.75) is 0 Å². The van der Waals surface area contributed by atoms with Crippen LogP contribution in [-0.4, -0.2) is 18.1 Å². The molecular formula is C14H12FNO3. The molecule has 0 bridgehead atoms. The molecule has 0 saturated heterocycles.